The van der Waals surface area contributed by atoms with E-state index in [2.05, 4.69) is 20.9 Å². The van der Waals surface area contributed by atoms with Crippen LogP contribution in [0, 0.1) is 5.92 Å². The van der Waals surface area contributed by atoms with Gasteiger partial charge in [-0.05, 0) is 42.5 Å². The normalized spacial score (nSPS) is 16.1. The number of carbonyl (C=O) groups excluding carboxylic acids is 1. The highest BCUT2D eigenvalue weighted by molar-refractivity contribution is 9.10. The lowest BCUT2D eigenvalue weighted by Crippen LogP contribution is -2.42. The Morgan fingerprint density at radius 1 is 1.17 bits per heavy atom. The lowest BCUT2D eigenvalue weighted by Gasteiger charge is -2.34. The smallest absolute Gasteiger partial charge is 0.261 e. The van der Waals surface area contributed by atoms with Crippen LogP contribution >= 0.6 is 15.9 Å². The highest BCUT2D eigenvalue weighted by Gasteiger charge is 2.28. The van der Waals surface area contributed by atoms with Crippen LogP contribution in [0.5, 0.6) is 0 Å². The summed E-state index contributed by atoms with van der Waals surface area (Å²) in [5, 5.41) is 11.1. The second-order valence-corrected chi connectivity index (χ2v) is 8.33. The monoisotopic (exact) mass is 455 g/mol. The minimum atomic E-state index is -0.515. The molecule has 6 nitrogen and oxygen atoms in total. The molecule has 0 bridgehead atoms. The molecule has 3 aromatic rings. The van der Waals surface area contributed by atoms with Crippen LogP contribution < -0.4 is 5.56 Å². The molecule has 4 rings (SSSR count). The number of carbonyl (C=O) groups is 1. The number of aliphatic hydroxyl groups excluding tert-OH is 1. The molecule has 150 valence electrons. The van der Waals surface area contributed by atoms with Gasteiger partial charge in [-0.1, -0.05) is 46.3 Å². The molecule has 0 radical (unpaired) electrons. The van der Waals surface area contributed by atoms with Crippen molar-refractivity contribution < 1.29 is 9.90 Å². The lowest BCUT2D eigenvalue weighted by molar-refractivity contribution is -0.133. The Morgan fingerprint density at radius 3 is 2.62 bits per heavy atom. The van der Waals surface area contributed by atoms with E-state index in [-0.39, 0.29) is 23.9 Å². The van der Waals surface area contributed by atoms with E-state index in [0.717, 1.165) is 22.9 Å². The zero-order chi connectivity index (χ0) is 20.4. The summed E-state index contributed by atoms with van der Waals surface area (Å²) in [6, 6.07) is 15.0. The fourth-order valence-electron chi connectivity index (χ4n) is 3.88. The summed E-state index contributed by atoms with van der Waals surface area (Å²) in [5.74, 6) is 0.0276. The van der Waals surface area contributed by atoms with Crippen molar-refractivity contribution in [2.24, 2.45) is 5.92 Å². The SMILES string of the molecule is O=C(Cn1cnc2ccc(Br)cc2c1=O)N1CCC(C(O)c2ccccc2)CC1. The van der Waals surface area contributed by atoms with Crippen molar-refractivity contribution in [1.82, 2.24) is 14.5 Å². The van der Waals surface area contributed by atoms with Crippen LogP contribution in [0.1, 0.15) is 24.5 Å². The van der Waals surface area contributed by atoms with E-state index < -0.39 is 6.10 Å². The van der Waals surface area contributed by atoms with E-state index >= 15 is 0 Å². The summed E-state index contributed by atoms with van der Waals surface area (Å²) in [6.07, 6.45) is 2.39. The standard InChI is InChI=1S/C22H22BrN3O3/c23-17-6-7-19-18(12-17)22(29)26(14-24-19)13-20(27)25-10-8-16(9-11-25)21(28)15-4-2-1-3-5-15/h1-7,12,14,16,21,28H,8-11,13H2. The van der Waals surface area contributed by atoms with E-state index in [1.807, 2.05) is 36.4 Å². The van der Waals surface area contributed by atoms with Crippen LogP contribution in [0.25, 0.3) is 10.9 Å². The lowest BCUT2D eigenvalue weighted by atomic mass is 9.87. The van der Waals surface area contributed by atoms with Crippen LogP contribution in [0.4, 0.5) is 0 Å². The van der Waals surface area contributed by atoms with Crippen LogP contribution in [0.2, 0.25) is 0 Å². The summed E-state index contributed by atoms with van der Waals surface area (Å²) in [7, 11) is 0. The summed E-state index contributed by atoms with van der Waals surface area (Å²) in [5.41, 5.74) is 1.30. The van der Waals surface area contributed by atoms with Crippen molar-refractivity contribution in [1.29, 1.82) is 0 Å². The van der Waals surface area contributed by atoms with Gasteiger partial charge in [0.1, 0.15) is 6.54 Å². The third kappa shape index (κ3) is 4.26. The Kier molecular flexibility index (Phi) is 5.78. The van der Waals surface area contributed by atoms with Crippen molar-refractivity contribution in [2.45, 2.75) is 25.5 Å². The molecule has 1 fully saturated rings. The first-order valence-corrected chi connectivity index (χ1v) is 10.5. The molecule has 1 atom stereocenters. The number of amides is 1. The molecule has 2 heterocycles. The second-order valence-electron chi connectivity index (χ2n) is 7.41. The van der Waals surface area contributed by atoms with Gasteiger partial charge in [-0.3, -0.25) is 14.2 Å². The summed E-state index contributed by atoms with van der Waals surface area (Å²) < 4.78 is 2.16. The maximum atomic E-state index is 12.7. The first-order chi connectivity index (χ1) is 14.0. The van der Waals surface area contributed by atoms with Gasteiger partial charge in [0.2, 0.25) is 5.91 Å². The van der Waals surface area contributed by atoms with Gasteiger partial charge in [0.25, 0.3) is 5.56 Å². The van der Waals surface area contributed by atoms with Gasteiger partial charge in [0.15, 0.2) is 0 Å². The van der Waals surface area contributed by atoms with Crippen molar-refractivity contribution in [2.75, 3.05) is 13.1 Å². The topological polar surface area (TPSA) is 75.4 Å². The molecule has 29 heavy (non-hydrogen) atoms. The Hall–Kier alpha value is -2.51. The van der Waals surface area contributed by atoms with Gasteiger partial charge in [0.05, 0.1) is 23.3 Å². The van der Waals surface area contributed by atoms with Gasteiger partial charge in [-0.15, -0.1) is 0 Å². The molecular formula is C22H22BrN3O3. The Labute approximate surface area is 176 Å². The average Bonchev–Trinajstić information content (AvgIpc) is 2.76. The molecule has 1 aromatic heterocycles. The van der Waals surface area contributed by atoms with Gasteiger partial charge in [0, 0.05) is 17.6 Å². The van der Waals surface area contributed by atoms with Crippen LogP contribution in [-0.4, -0.2) is 38.6 Å². The molecule has 1 saturated heterocycles. The second kappa shape index (κ2) is 8.47. The predicted molar refractivity (Wildman–Crippen MR) is 114 cm³/mol. The number of fused-ring (bicyclic) bond motifs is 1. The Balaban J connectivity index is 1.41. The number of rotatable bonds is 4. The van der Waals surface area contributed by atoms with Crippen molar-refractivity contribution in [3.8, 4) is 0 Å². The predicted octanol–water partition coefficient (Wildman–Crippen LogP) is 3.13. The van der Waals surface area contributed by atoms with Crippen LogP contribution in [-0.2, 0) is 11.3 Å². The zero-order valence-electron chi connectivity index (χ0n) is 15.9. The molecule has 2 aromatic carbocycles. The number of likely N-dealkylation sites (tertiary alicyclic amines) is 1. The molecular weight excluding hydrogens is 434 g/mol. The summed E-state index contributed by atoms with van der Waals surface area (Å²) in [6.45, 7) is 1.13. The van der Waals surface area contributed by atoms with Gasteiger partial charge >= 0.3 is 0 Å². The van der Waals surface area contributed by atoms with Crippen molar-refractivity contribution in [3.63, 3.8) is 0 Å². The van der Waals surface area contributed by atoms with Gasteiger partial charge < -0.3 is 10.0 Å². The largest absolute Gasteiger partial charge is 0.388 e. The van der Waals surface area contributed by atoms with Crippen molar-refractivity contribution >= 4 is 32.7 Å². The molecule has 1 aliphatic rings. The van der Waals surface area contributed by atoms with Gasteiger partial charge in [-0.25, -0.2) is 4.98 Å². The molecule has 1 amide bonds. The number of hydrogen-bond acceptors (Lipinski definition) is 4. The van der Waals surface area contributed by atoms with Crippen molar-refractivity contribution in [3.05, 3.63) is 75.2 Å². The summed E-state index contributed by atoms with van der Waals surface area (Å²) >= 11 is 3.37. The molecule has 0 saturated carbocycles. The number of aromatic nitrogens is 2. The molecule has 0 spiro atoms. The number of nitrogens with zero attached hydrogens (tertiary/aromatic N) is 3. The maximum absolute atomic E-state index is 12.7. The number of benzene rings is 2. The fraction of sp³-hybridized carbons (Fsp3) is 0.318. The molecule has 0 aliphatic carbocycles. The van der Waals surface area contributed by atoms with E-state index in [1.54, 1.807) is 17.0 Å². The van der Waals surface area contributed by atoms with Crippen LogP contribution in [0.3, 0.4) is 0 Å². The highest BCUT2D eigenvalue weighted by Crippen LogP contribution is 2.30. The number of halogens is 1. The first kappa shape index (κ1) is 19.8. The fourth-order valence-corrected chi connectivity index (χ4v) is 4.24. The maximum Gasteiger partial charge on any atom is 0.261 e. The Morgan fingerprint density at radius 2 is 1.90 bits per heavy atom. The minimum Gasteiger partial charge on any atom is -0.388 e. The Bertz CT molecular complexity index is 1080. The van der Waals surface area contributed by atoms with E-state index in [4.69, 9.17) is 0 Å². The molecule has 7 heteroatoms. The van der Waals surface area contributed by atoms with E-state index in [0.29, 0.717) is 24.0 Å². The number of hydrogen-bond donors (Lipinski definition) is 1. The van der Waals surface area contributed by atoms with E-state index in [9.17, 15) is 14.7 Å². The quantitative estimate of drug-likeness (QED) is 0.655. The first-order valence-electron chi connectivity index (χ1n) is 9.68. The highest BCUT2D eigenvalue weighted by atomic mass is 79.9. The zero-order valence-corrected chi connectivity index (χ0v) is 17.5. The molecule has 1 N–H and O–H groups in total. The number of aliphatic hydroxyl groups is 1. The molecule has 1 aliphatic heterocycles. The average molecular weight is 456 g/mol. The third-order valence-electron chi connectivity index (χ3n) is 5.57. The summed E-state index contributed by atoms with van der Waals surface area (Å²) in [4.78, 5) is 31.5. The van der Waals surface area contributed by atoms with Gasteiger partial charge in [-0.2, -0.15) is 0 Å². The third-order valence-corrected chi connectivity index (χ3v) is 6.06. The molecule has 1 unspecified atom stereocenters. The minimum absolute atomic E-state index is 0.0276. The van der Waals surface area contributed by atoms with E-state index in [1.165, 1.54) is 10.9 Å². The number of piperidine rings is 1. The van der Waals surface area contributed by atoms with Crippen LogP contribution in [0.15, 0.2) is 64.1 Å².